The smallest absolute Gasteiger partial charge is 0.267 e. The number of benzene rings is 2. The van der Waals surface area contributed by atoms with Crippen molar-refractivity contribution in [2.75, 3.05) is 6.79 Å². The van der Waals surface area contributed by atoms with E-state index in [1.54, 1.807) is 0 Å². The van der Waals surface area contributed by atoms with E-state index in [1.165, 1.54) is 18.2 Å². The van der Waals surface area contributed by atoms with Gasteiger partial charge in [-0.3, -0.25) is 9.69 Å². The van der Waals surface area contributed by atoms with E-state index in [-0.39, 0.29) is 18.7 Å². The number of carbonyl (C=O) groups is 1. The molecule has 1 saturated heterocycles. The molecule has 0 bridgehead atoms. The summed E-state index contributed by atoms with van der Waals surface area (Å²) in [6, 6.07) is 14.0. The number of para-hydroxylation sites is 1. The van der Waals surface area contributed by atoms with E-state index < -0.39 is 0 Å². The van der Waals surface area contributed by atoms with E-state index in [1.807, 2.05) is 60.4 Å². The van der Waals surface area contributed by atoms with Crippen molar-refractivity contribution >= 4 is 34.6 Å². The first-order valence-electron chi connectivity index (χ1n) is 10.9. The van der Waals surface area contributed by atoms with E-state index in [9.17, 15) is 4.79 Å². The van der Waals surface area contributed by atoms with E-state index >= 15 is 0 Å². The fourth-order valence-corrected chi connectivity index (χ4v) is 5.54. The highest BCUT2D eigenvalue weighted by molar-refractivity contribution is 8.18. The van der Waals surface area contributed by atoms with Crippen molar-refractivity contribution in [1.29, 1.82) is 0 Å². The van der Waals surface area contributed by atoms with Gasteiger partial charge in [0.1, 0.15) is 0 Å². The van der Waals surface area contributed by atoms with Gasteiger partial charge < -0.3 is 9.47 Å². The molecule has 2 atom stereocenters. The first-order valence-corrected chi connectivity index (χ1v) is 11.7. The molecule has 0 aromatic heterocycles. The summed E-state index contributed by atoms with van der Waals surface area (Å²) in [7, 11) is 0. The number of amidine groups is 1. The third-order valence-electron chi connectivity index (χ3n) is 6.26. The first-order chi connectivity index (χ1) is 15.1. The number of rotatable bonds is 3. The quantitative estimate of drug-likeness (QED) is 0.564. The highest BCUT2D eigenvalue weighted by Crippen LogP contribution is 2.41. The Kier molecular flexibility index (Phi) is 5.48. The SMILES string of the molecule is Cc1cc2c(cc1/C=C1\SC(=Nc3ccccc3)N([C@H]3CCCC[C@@H]3C)C1=O)OCO2. The van der Waals surface area contributed by atoms with Crippen LogP contribution in [0.1, 0.15) is 43.7 Å². The Morgan fingerprint density at radius 3 is 2.61 bits per heavy atom. The van der Waals surface area contributed by atoms with E-state index in [0.717, 1.165) is 52.7 Å². The predicted octanol–water partition coefficient (Wildman–Crippen LogP) is 5.91. The first kappa shape index (κ1) is 20.2. The summed E-state index contributed by atoms with van der Waals surface area (Å²) in [5.41, 5.74) is 2.89. The number of thioether (sulfide) groups is 1. The van der Waals surface area contributed by atoms with Gasteiger partial charge in [0, 0.05) is 6.04 Å². The predicted molar refractivity (Wildman–Crippen MR) is 125 cm³/mol. The topological polar surface area (TPSA) is 51.1 Å². The number of ether oxygens (including phenoxy) is 2. The van der Waals surface area contributed by atoms with Crippen LogP contribution in [-0.2, 0) is 4.79 Å². The molecule has 31 heavy (non-hydrogen) atoms. The van der Waals surface area contributed by atoms with Crippen molar-refractivity contribution in [3.05, 3.63) is 58.5 Å². The zero-order valence-corrected chi connectivity index (χ0v) is 18.7. The van der Waals surface area contributed by atoms with Crippen LogP contribution in [0.3, 0.4) is 0 Å². The molecule has 2 aromatic rings. The molecule has 3 aliphatic rings. The second-order valence-electron chi connectivity index (χ2n) is 8.41. The second-order valence-corrected chi connectivity index (χ2v) is 9.42. The van der Waals surface area contributed by atoms with Crippen LogP contribution in [0.2, 0.25) is 0 Å². The van der Waals surface area contributed by atoms with Crippen LogP contribution in [0, 0.1) is 12.8 Å². The highest BCUT2D eigenvalue weighted by atomic mass is 32.2. The highest BCUT2D eigenvalue weighted by Gasteiger charge is 2.41. The van der Waals surface area contributed by atoms with E-state index in [4.69, 9.17) is 14.5 Å². The van der Waals surface area contributed by atoms with Crippen LogP contribution >= 0.6 is 11.8 Å². The van der Waals surface area contributed by atoms with Gasteiger partial charge in [-0.25, -0.2) is 4.99 Å². The summed E-state index contributed by atoms with van der Waals surface area (Å²) >= 11 is 1.47. The van der Waals surface area contributed by atoms with Crippen LogP contribution in [-0.4, -0.2) is 28.8 Å². The Labute approximate surface area is 187 Å². The van der Waals surface area contributed by atoms with Crippen molar-refractivity contribution in [1.82, 2.24) is 4.90 Å². The van der Waals surface area contributed by atoms with Crippen LogP contribution in [0.15, 0.2) is 52.4 Å². The van der Waals surface area contributed by atoms with Crippen molar-refractivity contribution in [3.8, 4) is 11.5 Å². The lowest BCUT2D eigenvalue weighted by atomic mass is 9.85. The average molecular weight is 435 g/mol. The van der Waals surface area contributed by atoms with Gasteiger partial charge in [-0.1, -0.05) is 38.0 Å². The Bertz CT molecular complexity index is 1060. The third-order valence-corrected chi connectivity index (χ3v) is 7.25. The summed E-state index contributed by atoms with van der Waals surface area (Å²) < 4.78 is 11.0. The van der Waals surface area contributed by atoms with Crippen molar-refractivity contribution in [2.24, 2.45) is 10.9 Å². The van der Waals surface area contributed by atoms with E-state index in [2.05, 4.69) is 6.92 Å². The second kappa shape index (κ2) is 8.42. The Hall–Kier alpha value is -2.73. The van der Waals surface area contributed by atoms with Gasteiger partial charge in [0.2, 0.25) is 6.79 Å². The number of fused-ring (bicyclic) bond motifs is 1. The zero-order valence-electron chi connectivity index (χ0n) is 17.8. The summed E-state index contributed by atoms with van der Waals surface area (Å²) in [6.45, 7) is 4.52. The van der Waals surface area contributed by atoms with Crippen LogP contribution in [0.25, 0.3) is 6.08 Å². The minimum atomic E-state index is 0.0514. The Morgan fingerprint density at radius 1 is 1.10 bits per heavy atom. The number of nitrogens with zero attached hydrogens (tertiary/aromatic N) is 2. The molecular formula is C25H26N2O3S. The zero-order chi connectivity index (χ0) is 21.4. The van der Waals surface area contributed by atoms with E-state index in [0.29, 0.717) is 10.8 Å². The molecule has 6 heteroatoms. The normalized spacial score (nSPS) is 25.6. The fourth-order valence-electron chi connectivity index (χ4n) is 4.51. The average Bonchev–Trinajstić information content (AvgIpc) is 3.34. The van der Waals surface area contributed by atoms with Gasteiger partial charge in [0.15, 0.2) is 16.7 Å². The molecule has 1 saturated carbocycles. The summed E-state index contributed by atoms with van der Waals surface area (Å²) in [6.07, 6.45) is 6.54. The summed E-state index contributed by atoms with van der Waals surface area (Å²) in [5.74, 6) is 2.00. The van der Waals surface area contributed by atoms with Gasteiger partial charge in [-0.2, -0.15) is 0 Å². The molecule has 2 aliphatic heterocycles. The number of hydrogen-bond acceptors (Lipinski definition) is 5. The monoisotopic (exact) mass is 434 g/mol. The molecule has 5 nitrogen and oxygen atoms in total. The molecule has 1 aliphatic carbocycles. The van der Waals surface area contributed by atoms with Crippen LogP contribution in [0.4, 0.5) is 5.69 Å². The minimum absolute atomic E-state index is 0.0514. The van der Waals surface area contributed by atoms with Gasteiger partial charge in [-0.05, 0) is 78.9 Å². The number of aryl methyl sites for hydroxylation is 1. The Balaban J connectivity index is 1.53. The Morgan fingerprint density at radius 2 is 1.84 bits per heavy atom. The maximum Gasteiger partial charge on any atom is 0.267 e. The van der Waals surface area contributed by atoms with Crippen molar-refractivity contribution < 1.29 is 14.3 Å². The number of carbonyl (C=O) groups excluding carboxylic acids is 1. The molecule has 5 rings (SSSR count). The molecule has 0 N–H and O–H groups in total. The largest absolute Gasteiger partial charge is 0.454 e. The molecule has 0 spiro atoms. The fraction of sp³-hybridized carbons (Fsp3) is 0.360. The van der Waals surface area contributed by atoms with Gasteiger partial charge >= 0.3 is 0 Å². The van der Waals surface area contributed by atoms with Crippen molar-refractivity contribution in [3.63, 3.8) is 0 Å². The third kappa shape index (κ3) is 3.97. The standard InChI is InChI=1S/C25H26N2O3S/c1-16-8-6-7-11-20(16)27-24(28)23(31-25(27)26-19-9-4-3-5-10-19)14-18-13-22-21(12-17(18)2)29-15-30-22/h3-5,9-10,12-14,16,20H,6-8,11,15H2,1-2H3/b23-14-,26-25?/t16-,20-/m0/s1. The van der Waals surface area contributed by atoms with Crippen LogP contribution in [0.5, 0.6) is 11.5 Å². The molecule has 0 radical (unpaired) electrons. The molecule has 1 amide bonds. The molecule has 0 unspecified atom stereocenters. The van der Waals surface area contributed by atoms with Gasteiger partial charge in [0.25, 0.3) is 5.91 Å². The maximum atomic E-state index is 13.6. The lowest BCUT2D eigenvalue weighted by Gasteiger charge is -2.35. The molecule has 2 aromatic carbocycles. The summed E-state index contributed by atoms with van der Waals surface area (Å²) in [4.78, 5) is 21.1. The number of amides is 1. The molecule has 2 fully saturated rings. The molecule has 2 heterocycles. The van der Waals surface area contributed by atoms with Gasteiger partial charge in [-0.15, -0.1) is 0 Å². The lowest BCUT2D eigenvalue weighted by Crippen LogP contribution is -2.44. The maximum absolute atomic E-state index is 13.6. The summed E-state index contributed by atoms with van der Waals surface area (Å²) in [5, 5.41) is 0.777. The van der Waals surface area contributed by atoms with Crippen LogP contribution < -0.4 is 9.47 Å². The molecular weight excluding hydrogens is 408 g/mol. The number of hydrogen-bond donors (Lipinski definition) is 0. The molecule has 160 valence electrons. The number of aliphatic imine (C=N–C) groups is 1. The van der Waals surface area contributed by atoms with Gasteiger partial charge in [0.05, 0.1) is 10.6 Å². The lowest BCUT2D eigenvalue weighted by molar-refractivity contribution is -0.124. The van der Waals surface area contributed by atoms with Crippen molar-refractivity contribution in [2.45, 2.75) is 45.6 Å². The minimum Gasteiger partial charge on any atom is -0.454 e.